The van der Waals surface area contributed by atoms with E-state index in [0.29, 0.717) is 5.69 Å². The molecule has 0 spiro atoms. The van der Waals surface area contributed by atoms with Gasteiger partial charge in [-0.15, -0.1) is 0 Å². The van der Waals surface area contributed by atoms with Gasteiger partial charge in [0.15, 0.2) is 0 Å². The largest absolute Gasteiger partial charge is 0.480 e. The SMILES string of the molecule is C[C@H](N)C(=O)N[C@@H](C)C(=O)N[C@@H](C)C(=O)N[C@@H](C)C(=O)N[C@@H](C)C(=O)N[C@@H](C)C(=O)N[C@@H](C)C(=O)N[C@@H](C)C(=O)N[C@@H](Cc1cnc[nH]1)C(=O)O. The normalized spacial score (nSPS) is 16.1. The number of nitrogens with zero attached hydrogens (tertiary/aromatic N) is 1. The van der Waals surface area contributed by atoms with Gasteiger partial charge in [0, 0.05) is 18.3 Å². The molecule has 9 atom stereocenters. The molecule has 1 heterocycles. The van der Waals surface area contributed by atoms with E-state index in [1.54, 1.807) is 0 Å². The first kappa shape index (κ1) is 43.4. The predicted octanol–water partition coefficient (Wildman–Crippen LogP) is -4.60. The standard InChI is InChI=1S/C30H49N11O10/c1-12(31)22(42)34-13(2)23(43)35-14(3)24(44)36-15(4)25(45)37-16(5)26(46)38-17(6)27(47)39-18(7)28(48)40-19(8)29(49)41-21(30(50)51)9-20-10-32-11-33-20/h10-19,21H,9,31H2,1-8H3,(H,32,33)(H,34,42)(H,35,43)(H,36,44)(H,37,45)(H,38,46)(H,39,47)(H,40,48)(H,41,49)(H,50,51)/t12-,13-,14-,15-,16-,17-,18-,19-,21-/m0/s1. The fourth-order valence-corrected chi connectivity index (χ4v) is 3.95. The summed E-state index contributed by atoms with van der Waals surface area (Å²) in [5.41, 5.74) is 5.93. The number of aromatic amines is 1. The van der Waals surface area contributed by atoms with Crippen molar-refractivity contribution in [2.24, 2.45) is 5.73 Å². The molecule has 8 amide bonds. The molecule has 51 heavy (non-hydrogen) atoms. The molecule has 0 unspecified atom stereocenters. The smallest absolute Gasteiger partial charge is 0.326 e. The summed E-state index contributed by atoms with van der Waals surface area (Å²) < 4.78 is 0. The average Bonchev–Trinajstić information content (AvgIpc) is 3.56. The monoisotopic (exact) mass is 723 g/mol. The Morgan fingerprint density at radius 2 is 0.824 bits per heavy atom. The maximum atomic E-state index is 12.7. The van der Waals surface area contributed by atoms with Gasteiger partial charge in [-0.3, -0.25) is 38.4 Å². The van der Waals surface area contributed by atoms with Gasteiger partial charge in [0.1, 0.15) is 48.3 Å². The highest BCUT2D eigenvalue weighted by atomic mass is 16.4. The number of nitrogens with one attached hydrogen (secondary N) is 9. The Kier molecular flexibility index (Phi) is 17.2. The maximum Gasteiger partial charge on any atom is 0.326 e. The van der Waals surface area contributed by atoms with E-state index in [1.165, 1.54) is 67.9 Å². The number of rotatable bonds is 19. The molecule has 0 aromatic carbocycles. The number of aliphatic carboxylic acids is 1. The number of nitrogens with two attached hydrogens (primary N) is 1. The molecule has 1 aromatic rings. The summed E-state index contributed by atoms with van der Waals surface area (Å²) in [7, 11) is 0. The number of carbonyl (C=O) groups is 9. The number of hydrogen-bond donors (Lipinski definition) is 11. The van der Waals surface area contributed by atoms with Crippen LogP contribution in [0.3, 0.4) is 0 Å². The molecule has 1 rings (SSSR count). The van der Waals surface area contributed by atoms with E-state index in [2.05, 4.69) is 52.5 Å². The van der Waals surface area contributed by atoms with Crippen molar-refractivity contribution in [2.45, 2.75) is 116 Å². The first-order valence-electron chi connectivity index (χ1n) is 16.0. The minimum atomic E-state index is -1.30. The van der Waals surface area contributed by atoms with Crippen molar-refractivity contribution in [3.05, 3.63) is 18.2 Å². The van der Waals surface area contributed by atoms with Crippen LogP contribution in [-0.4, -0.2) is 123 Å². The van der Waals surface area contributed by atoms with E-state index in [9.17, 15) is 48.3 Å². The number of amides is 8. The molecule has 0 radical (unpaired) electrons. The highest BCUT2D eigenvalue weighted by Crippen LogP contribution is 2.00. The van der Waals surface area contributed by atoms with Gasteiger partial charge in [0.25, 0.3) is 0 Å². The summed E-state index contributed by atoms with van der Waals surface area (Å²) in [6.07, 6.45) is 2.69. The first-order valence-corrected chi connectivity index (χ1v) is 16.0. The highest BCUT2D eigenvalue weighted by Gasteiger charge is 2.29. The van der Waals surface area contributed by atoms with Gasteiger partial charge >= 0.3 is 5.97 Å². The van der Waals surface area contributed by atoms with Crippen LogP contribution in [-0.2, 0) is 49.6 Å². The van der Waals surface area contributed by atoms with Gasteiger partial charge in [-0.1, -0.05) is 0 Å². The minimum absolute atomic E-state index is 0.0742. The van der Waals surface area contributed by atoms with Crippen molar-refractivity contribution in [2.75, 3.05) is 0 Å². The van der Waals surface area contributed by atoms with Crippen LogP contribution in [0, 0.1) is 0 Å². The summed E-state index contributed by atoms with van der Waals surface area (Å²) in [6, 6.07) is -10.0. The second-order valence-corrected chi connectivity index (χ2v) is 12.1. The Bertz CT molecular complexity index is 1440. The van der Waals surface area contributed by atoms with E-state index in [-0.39, 0.29) is 6.42 Å². The van der Waals surface area contributed by atoms with E-state index < -0.39 is 108 Å². The lowest BCUT2D eigenvalue weighted by molar-refractivity contribution is -0.142. The van der Waals surface area contributed by atoms with Gasteiger partial charge in [-0.05, 0) is 55.4 Å². The Balaban J connectivity index is 2.55. The molecule has 21 nitrogen and oxygen atoms in total. The second-order valence-electron chi connectivity index (χ2n) is 12.1. The number of carbonyl (C=O) groups excluding carboxylic acids is 8. The molecule has 1 aromatic heterocycles. The molecule has 12 N–H and O–H groups in total. The molecule has 0 aliphatic heterocycles. The van der Waals surface area contributed by atoms with Crippen LogP contribution in [0.25, 0.3) is 0 Å². The van der Waals surface area contributed by atoms with Crippen LogP contribution in [0.4, 0.5) is 0 Å². The number of aromatic nitrogens is 2. The highest BCUT2D eigenvalue weighted by molar-refractivity contribution is 5.97. The Morgan fingerprint density at radius 1 is 0.549 bits per heavy atom. The third kappa shape index (κ3) is 14.8. The third-order valence-electron chi connectivity index (χ3n) is 7.27. The zero-order chi connectivity index (χ0) is 39.2. The van der Waals surface area contributed by atoms with Crippen molar-refractivity contribution in [3.63, 3.8) is 0 Å². The van der Waals surface area contributed by atoms with Crippen LogP contribution in [0.2, 0.25) is 0 Å². The van der Waals surface area contributed by atoms with Gasteiger partial charge in [-0.2, -0.15) is 0 Å². The van der Waals surface area contributed by atoms with Crippen molar-refractivity contribution in [3.8, 4) is 0 Å². The van der Waals surface area contributed by atoms with Gasteiger partial charge in [0.2, 0.25) is 47.3 Å². The van der Waals surface area contributed by atoms with Crippen LogP contribution in [0.5, 0.6) is 0 Å². The maximum absolute atomic E-state index is 12.7. The molecule has 0 fully saturated rings. The molecule has 0 saturated heterocycles. The number of hydrogen-bond acceptors (Lipinski definition) is 11. The van der Waals surface area contributed by atoms with Gasteiger partial charge in [-0.25, -0.2) is 9.78 Å². The molecule has 0 bridgehead atoms. The molecule has 0 aliphatic carbocycles. The van der Waals surface area contributed by atoms with Crippen molar-refractivity contribution in [1.29, 1.82) is 0 Å². The summed E-state index contributed by atoms with van der Waals surface area (Å²) >= 11 is 0. The van der Waals surface area contributed by atoms with Crippen LogP contribution < -0.4 is 48.3 Å². The van der Waals surface area contributed by atoms with Crippen molar-refractivity contribution >= 4 is 53.2 Å². The lowest BCUT2D eigenvalue weighted by Gasteiger charge is -2.23. The lowest BCUT2D eigenvalue weighted by atomic mass is 10.1. The summed E-state index contributed by atoms with van der Waals surface area (Å²) in [6.45, 7) is 10.9. The number of carboxylic acid groups (broad SMARTS) is 1. The van der Waals surface area contributed by atoms with Crippen LogP contribution in [0.15, 0.2) is 12.5 Å². The van der Waals surface area contributed by atoms with Gasteiger partial charge < -0.3 is 58.4 Å². The van der Waals surface area contributed by atoms with Crippen molar-refractivity contribution < 1.29 is 48.3 Å². The van der Waals surface area contributed by atoms with E-state index in [1.807, 2.05) is 0 Å². The summed E-state index contributed by atoms with van der Waals surface area (Å²) in [4.78, 5) is 118. The molecule has 0 aliphatic rings. The Labute approximate surface area is 294 Å². The van der Waals surface area contributed by atoms with Crippen LogP contribution in [0.1, 0.15) is 61.1 Å². The zero-order valence-corrected chi connectivity index (χ0v) is 29.7. The second kappa shape index (κ2) is 20.2. The van der Waals surface area contributed by atoms with Crippen molar-refractivity contribution in [1.82, 2.24) is 52.5 Å². The summed E-state index contributed by atoms with van der Waals surface area (Å²) in [5, 5.41) is 28.5. The predicted molar refractivity (Wildman–Crippen MR) is 179 cm³/mol. The van der Waals surface area contributed by atoms with Crippen LogP contribution >= 0.6 is 0 Å². The van der Waals surface area contributed by atoms with E-state index in [0.717, 1.165) is 0 Å². The number of H-pyrrole nitrogens is 1. The third-order valence-corrected chi connectivity index (χ3v) is 7.27. The number of imidazole rings is 1. The molecule has 0 saturated carbocycles. The lowest BCUT2D eigenvalue weighted by Crippen LogP contribution is -2.58. The summed E-state index contributed by atoms with van der Waals surface area (Å²) in [5.74, 6) is -7.07. The Hall–Kier alpha value is -5.60. The fraction of sp³-hybridized carbons (Fsp3) is 0.600. The fourth-order valence-electron chi connectivity index (χ4n) is 3.95. The zero-order valence-electron chi connectivity index (χ0n) is 29.7. The van der Waals surface area contributed by atoms with E-state index in [4.69, 9.17) is 5.73 Å². The molecule has 284 valence electrons. The molecular formula is C30H49N11O10. The van der Waals surface area contributed by atoms with Gasteiger partial charge in [0.05, 0.1) is 12.4 Å². The molecular weight excluding hydrogens is 674 g/mol. The quantitative estimate of drug-likeness (QED) is 0.0643. The minimum Gasteiger partial charge on any atom is -0.480 e. The first-order chi connectivity index (χ1) is 23.6. The number of carboxylic acids is 1. The average molecular weight is 724 g/mol. The topological polar surface area (TPSA) is 325 Å². The Morgan fingerprint density at radius 3 is 1.06 bits per heavy atom. The van der Waals surface area contributed by atoms with E-state index >= 15 is 0 Å². The molecule has 21 heteroatoms.